The molecule has 3 nitrogen and oxygen atoms in total. The van der Waals surface area contributed by atoms with Crippen molar-refractivity contribution in [3.63, 3.8) is 0 Å². The molecule has 2 aromatic carbocycles. The Kier molecular flexibility index (Phi) is 5.66. The third-order valence-corrected chi connectivity index (χ3v) is 6.06. The SMILES string of the molecule is Cc1cccc(C)c1C(=O)NC(c1cccc(F)c1)C1(N(C)C)CCCC1. The van der Waals surface area contributed by atoms with E-state index in [0.717, 1.165) is 42.4 Å². The van der Waals surface area contributed by atoms with E-state index in [4.69, 9.17) is 0 Å². The lowest BCUT2D eigenvalue weighted by Gasteiger charge is -2.44. The van der Waals surface area contributed by atoms with Crippen LogP contribution in [0.15, 0.2) is 42.5 Å². The number of amides is 1. The van der Waals surface area contributed by atoms with Crippen molar-refractivity contribution in [1.29, 1.82) is 0 Å². The van der Waals surface area contributed by atoms with Crippen molar-refractivity contribution in [3.8, 4) is 0 Å². The molecule has 1 fully saturated rings. The van der Waals surface area contributed by atoms with Crippen LogP contribution in [0.1, 0.15) is 58.8 Å². The van der Waals surface area contributed by atoms with Crippen molar-refractivity contribution in [1.82, 2.24) is 10.2 Å². The topological polar surface area (TPSA) is 32.3 Å². The summed E-state index contributed by atoms with van der Waals surface area (Å²) < 4.78 is 14.0. The zero-order valence-electron chi connectivity index (χ0n) is 16.7. The molecule has 0 heterocycles. The standard InChI is InChI=1S/C23H29FN2O/c1-16-9-7-10-17(2)20(16)22(27)25-21(18-11-8-12-19(24)15-18)23(26(3)4)13-5-6-14-23/h7-12,15,21H,5-6,13-14H2,1-4H3,(H,25,27). The molecule has 0 radical (unpaired) electrons. The van der Waals surface area contributed by atoms with E-state index in [1.165, 1.54) is 6.07 Å². The highest BCUT2D eigenvalue weighted by molar-refractivity contribution is 5.97. The molecule has 27 heavy (non-hydrogen) atoms. The number of rotatable bonds is 5. The van der Waals surface area contributed by atoms with Crippen molar-refractivity contribution in [2.45, 2.75) is 51.1 Å². The predicted molar refractivity (Wildman–Crippen MR) is 107 cm³/mol. The van der Waals surface area contributed by atoms with Crippen LogP contribution in [-0.2, 0) is 0 Å². The van der Waals surface area contributed by atoms with E-state index >= 15 is 0 Å². The summed E-state index contributed by atoms with van der Waals surface area (Å²) in [5, 5.41) is 3.28. The molecule has 0 aromatic heterocycles. The van der Waals surface area contributed by atoms with Gasteiger partial charge in [-0.15, -0.1) is 0 Å². The summed E-state index contributed by atoms with van der Waals surface area (Å²) in [5.74, 6) is -0.362. The molecule has 1 saturated carbocycles. The van der Waals surface area contributed by atoms with Crippen LogP contribution in [0, 0.1) is 19.7 Å². The van der Waals surface area contributed by atoms with Gasteiger partial charge in [0, 0.05) is 11.1 Å². The van der Waals surface area contributed by atoms with Crippen LogP contribution in [0.3, 0.4) is 0 Å². The molecule has 0 bridgehead atoms. The number of nitrogens with zero attached hydrogens (tertiary/aromatic N) is 1. The predicted octanol–water partition coefficient (Wildman–Crippen LogP) is 4.79. The lowest BCUT2D eigenvalue weighted by Crippen LogP contribution is -2.53. The largest absolute Gasteiger partial charge is 0.343 e. The van der Waals surface area contributed by atoms with Crippen LogP contribution in [0.5, 0.6) is 0 Å². The molecule has 1 aliphatic carbocycles. The number of carbonyl (C=O) groups excluding carboxylic acids is 1. The van der Waals surface area contributed by atoms with Gasteiger partial charge in [0.05, 0.1) is 6.04 Å². The maximum Gasteiger partial charge on any atom is 0.252 e. The molecule has 2 aromatic rings. The summed E-state index contributed by atoms with van der Waals surface area (Å²) in [7, 11) is 4.12. The van der Waals surface area contributed by atoms with E-state index < -0.39 is 0 Å². The Morgan fingerprint density at radius 3 is 2.22 bits per heavy atom. The molecule has 1 atom stereocenters. The molecular formula is C23H29FN2O. The van der Waals surface area contributed by atoms with Crippen molar-refractivity contribution < 1.29 is 9.18 Å². The number of likely N-dealkylation sites (N-methyl/N-ethyl adjacent to an activating group) is 1. The minimum atomic E-state index is -0.272. The Hall–Kier alpha value is -2.20. The summed E-state index contributed by atoms with van der Waals surface area (Å²) in [6.45, 7) is 3.91. The Labute approximate surface area is 161 Å². The average Bonchev–Trinajstić information content (AvgIpc) is 3.10. The van der Waals surface area contributed by atoms with Gasteiger partial charge < -0.3 is 10.2 Å². The van der Waals surface area contributed by atoms with Crippen molar-refractivity contribution >= 4 is 5.91 Å². The van der Waals surface area contributed by atoms with E-state index in [0.29, 0.717) is 5.56 Å². The van der Waals surface area contributed by atoms with E-state index in [1.807, 2.05) is 38.1 Å². The minimum Gasteiger partial charge on any atom is -0.343 e. The first-order chi connectivity index (χ1) is 12.8. The van der Waals surface area contributed by atoms with Crippen molar-refractivity contribution in [3.05, 3.63) is 70.5 Å². The summed E-state index contributed by atoms with van der Waals surface area (Å²) in [5.41, 5.74) is 3.24. The summed E-state index contributed by atoms with van der Waals surface area (Å²) >= 11 is 0. The van der Waals surface area contributed by atoms with Gasteiger partial charge in [0.15, 0.2) is 0 Å². The Morgan fingerprint density at radius 1 is 1.07 bits per heavy atom. The zero-order valence-corrected chi connectivity index (χ0v) is 16.7. The van der Waals surface area contributed by atoms with Gasteiger partial charge in [-0.05, 0) is 69.6 Å². The molecule has 4 heteroatoms. The molecule has 144 valence electrons. The fourth-order valence-corrected chi connectivity index (χ4v) is 4.57. The second-order valence-corrected chi connectivity index (χ2v) is 7.93. The molecule has 0 saturated heterocycles. The van der Waals surface area contributed by atoms with E-state index in [2.05, 4.69) is 24.3 Å². The number of carbonyl (C=O) groups is 1. The van der Waals surface area contributed by atoms with Gasteiger partial charge >= 0.3 is 0 Å². The van der Waals surface area contributed by atoms with Gasteiger partial charge in [0.1, 0.15) is 5.82 Å². The Morgan fingerprint density at radius 2 is 1.67 bits per heavy atom. The lowest BCUT2D eigenvalue weighted by atomic mass is 9.82. The van der Waals surface area contributed by atoms with Crippen LogP contribution in [0.2, 0.25) is 0 Å². The monoisotopic (exact) mass is 368 g/mol. The number of hydrogen-bond acceptors (Lipinski definition) is 2. The van der Waals surface area contributed by atoms with E-state index in [9.17, 15) is 9.18 Å². The maximum absolute atomic E-state index is 14.0. The minimum absolute atomic E-state index is 0.0898. The van der Waals surface area contributed by atoms with Gasteiger partial charge in [-0.1, -0.05) is 43.2 Å². The van der Waals surface area contributed by atoms with Crippen LogP contribution in [0.25, 0.3) is 0 Å². The first-order valence-electron chi connectivity index (χ1n) is 9.65. The summed E-state index contributed by atoms with van der Waals surface area (Å²) in [6, 6.07) is 12.3. The van der Waals surface area contributed by atoms with Gasteiger partial charge in [-0.25, -0.2) is 4.39 Å². The first-order valence-corrected chi connectivity index (χ1v) is 9.65. The van der Waals surface area contributed by atoms with Crippen molar-refractivity contribution in [2.75, 3.05) is 14.1 Å². The number of nitrogens with one attached hydrogen (secondary N) is 1. The fraction of sp³-hybridized carbons (Fsp3) is 0.435. The molecule has 1 amide bonds. The van der Waals surface area contributed by atoms with E-state index in [-0.39, 0.29) is 23.3 Å². The van der Waals surface area contributed by atoms with Crippen LogP contribution >= 0.6 is 0 Å². The Balaban J connectivity index is 2.04. The normalized spacial score (nSPS) is 17.1. The molecule has 0 spiro atoms. The van der Waals surface area contributed by atoms with Crippen LogP contribution in [-0.4, -0.2) is 30.4 Å². The quantitative estimate of drug-likeness (QED) is 0.823. The number of halogens is 1. The second-order valence-electron chi connectivity index (χ2n) is 7.93. The van der Waals surface area contributed by atoms with Crippen LogP contribution < -0.4 is 5.32 Å². The number of benzene rings is 2. The molecule has 1 aliphatic rings. The third kappa shape index (κ3) is 3.77. The maximum atomic E-state index is 14.0. The molecule has 1 unspecified atom stereocenters. The highest BCUT2D eigenvalue weighted by Crippen LogP contribution is 2.43. The third-order valence-electron chi connectivity index (χ3n) is 6.06. The molecule has 1 N–H and O–H groups in total. The van der Waals surface area contributed by atoms with E-state index in [1.54, 1.807) is 12.1 Å². The number of hydrogen-bond donors (Lipinski definition) is 1. The fourth-order valence-electron chi connectivity index (χ4n) is 4.57. The Bertz CT molecular complexity index is 805. The van der Waals surface area contributed by atoms with Gasteiger partial charge in [0.25, 0.3) is 5.91 Å². The smallest absolute Gasteiger partial charge is 0.252 e. The van der Waals surface area contributed by atoms with Gasteiger partial charge in [-0.3, -0.25) is 4.79 Å². The molecule has 3 rings (SSSR count). The summed E-state index contributed by atoms with van der Waals surface area (Å²) in [4.78, 5) is 15.5. The summed E-state index contributed by atoms with van der Waals surface area (Å²) in [6.07, 6.45) is 4.19. The average molecular weight is 368 g/mol. The van der Waals surface area contributed by atoms with Crippen LogP contribution in [0.4, 0.5) is 4.39 Å². The molecule has 0 aliphatic heterocycles. The van der Waals surface area contributed by atoms with Gasteiger partial charge in [0.2, 0.25) is 0 Å². The highest BCUT2D eigenvalue weighted by Gasteiger charge is 2.45. The zero-order chi connectivity index (χ0) is 19.6. The first kappa shape index (κ1) is 19.6. The number of aryl methyl sites for hydroxylation is 2. The lowest BCUT2D eigenvalue weighted by molar-refractivity contribution is 0.0764. The van der Waals surface area contributed by atoms with Gasteiger partial charge in [-0.2, -0.15) is 0 Å². The van der Waals surface area contributed by atoms with Crippen molar-refractivity contribution in [2.24, 2.45) is 0 Å². The highest BCUT2D eigenvalue weighted by atomic mass is 19.1. The second kappa shape index (κ2) is 7.81. The molecular weight excluding hydrogens is 339 g/mol.